The first kappa shape index (κ1) is 11.5. The third kappa shape index (κ3) is 2.28. The zero-order chi connectivity index (χ0) is 10.9. The molecule has 0 unspecified atom stereocenters. The Morgan fingerprint density at radius 3 is 2.21 bits per heavy atom. The molecule has 1 rings (SSSR count). The fourth-order valence-corrected chi connectivity index (χ4v) is 1.73. The van der Waals surface area contributed by atoms with Crippen LogP contribution in [-0.2, 0) is 12.0 Å². The Bertz CT molecular complexity index is 314. The van der Waals surface area contributed by atoms with Crippen LogP contribution in [0.1, 0.15) is 37.5 Å². The lowest BCUT2D eigenvalue weighted by molar-refractivity contribution is 0.281. The van der Waals surface area contributed by atoms with Gasteiger partial charge in [-0.2, -0.15) is 0 Å². The molecule has 0 heterocycles. The van der Waals surface area contributed by atoms with Gasteiger partial charge in [-0.05, 0) is 35.1 Å². The smallest absolute Gasteiger partial charge is 0.0698 e. The average Bonchev–Trinajstić information content (AvgIpc) is 2.01. The van der Waals surface area contributed by atoms with Crippen LogP contribution in [-0.4, -0.2) is 5.11 Å². The van der Waals surface area contributed by atoms with Crippen molar-refractivity contribution < 1.29 is 5.11 Å². The monoisotopic (exact) mass is 212 g/mol. The lowest BCUT2D eigenvalue weighted by Gasteiger charge is -2.21. The minimum atomic E-state index is 0.00902. The Kier molecular flexibility index (Phi) is 3.23. The summed E-state index contributed by atoms with van der Waals surface area (Å²) >= 11 is 6.08. The van der Waals surface area contributed by atoms with E-state index in [1.807, 2.05) is 13.0 Å². The van der Waals surface area contributed by atoms with Gasteiger partial charge in [-0.15, -0.1) is 0 Å². The van der Waals surface area contributed by atoms with Crippen LogP contribution in [0.5, 0.6) is 0 Å². The molecule has 0 radical (unpaired) electrons. The first-order valence-electron chi connectivity index (χ1n) is 4.76. The maximum atomic E-state index is 9.11. The van der Waals surface area contributed by atoms with E-state index in [-0.39, 0.29) is 12.0 Å². The molecule has 0 fully saturated rings. The molecule has 0 aliphatic heterocycles. The molecular formula is C12H17ClO. The average molecular weight is 213 g/mol. The summed E-state index contributed by atoms with van der Waals surface area (Å²) in [5.74, 6) is 0. The van der Waals surface area contributed by atoms with Crippen LogP contribution >= 0.6 is 11.6 Å². The van der Waals surface area contributed by atoms with Gasteiger partial charge < -0.3 is 5.11 Å². The number of aryl methyl sites for hydroxylation is 1. The van der Waals surface area contributed by atoms with Gasteiger partial charge in [-0.25, -0.2) is 0 Å². The van der Waals surface area contributed by atoms with E-state index in [4.69, 9.17) is 16.7 Å². The van der Waals surface area contributed by atoms with Crippen molar-refractivity contribution in [2.45, 2.75) is 39.7 Å². The van der Waals surface area contributed by atoms with Crippen molar-refractivity contribution in [3.63, 3.8) is 0 Å². The Balaban J connectivity index is 3.28. The molecule has 1 aromatic rings. The van der Waals surface area contributed by atoms with E-state index in [1.54, 1.807) is 0 Å². The molecule has 0 aliphatic carbocycles. The molecule has 0 saturated carbocycles. The van der Waals surface area contributed by atoms with Gasteiger partial charge in [0.1, 0.15) is 0 Å². The number of halogens is 1. The Labute approximate surface area is 90.7 Å². The van der Waals surface area contributed by atoms with Gasteiger partial charge in [0.25, 0.3) is 0 Å². The third-order valence-corrected chi connectivity index (χ3v) is 2.78. The van der Waals surface area contributed by atoms with Crippen LogP contribution in [0, 0.1) is 6.92 Å². The van der Waals surface area contributed by atoms with Gasteiger partial charge in [0.15, 0.2) is 0 Å². The van der Waals surface area contributed by atoms with Gasteiger partial charge in [-0.3, -0.25) is 0 Å². The highest BCUT2D eigenvalue weighted by Crippen LogP contribution is 2.29. The second-order valence-corrected chi connectivity index (χ2v) is 5.07. The maximum absolute atomic E-state index is 9.11. The highest BCUT2D eigenvalue weighted by Gasteiger charge is 2.16. The molecule has 0 saturated heterocycles. The van der Waals surface area contributed by atoms with Crippen LogP contribution in [0.25, 0.3) is 0 Å². The summed E-state index contributed by atoms with van der Waals surface area (Å²) in [4.78, 5) is 0. The second-order valence-electron chi connectivity index (χ2n) is 4.66. The predicted molar refractivity (Wildman–Crippen MR) is 60.8 cm³/mol. The molecule has 2 heteroatoms. The zero-order valence-electron chi connectivity index (χ0n) is 9.19. The Morgan fingerprint density at radius 2 is 1.86 bits per heavy atom. The predicted octanol–water partition coefficient (Wildman–Crippen LogP) is 3.44. The SMILES string of the molecule is Cc1cc(C(C)(C)C)cc(Cl)c1CO. The number of hydrogen-bond donors (Lipinski definition) is 1. The molecule has 0 amide bonds. The van der Waals surface area contributed by atoms with Crippen molar-refractivity contribution in [3.05, 3.63) is 33.8 Å². The van der Waals surface area contributed by atoms with Crippen LogP contribution in [0.15, 0.2) is 12.1 Å². The number of rotatable bonds is 1. The quantitative estimate of drug-likeness (QED) is 0.756. The van der Waals surface area contributed by atoms with Crippen molar-refractivity contribution in [3.8, 4) is 0 Å². The summed E-state index contributed by atoms with van der Waals surface area (Å²) in [6.07, 6.45) is 0. The van der Waals surface area contributed by atoms with Crippen LogP contribution in [0.3, 0.4) is 0 Å². The molecule has 78 valence electrons. The van der Waals surface area contributed by atoms with E-state index in [9.17, 15) is 0 Å². The Hall–Kier alpha value is -0.530. The third-order valence-electron chi connectivity index (χ3n) is 2.44. The maximum Gasteiger partial charge on any atom is 0.0698 e. The van der Waals surface area contributed by atoms with E-state index in [1.165, 1.54) is 5.56 Å². The standard InChI is InChI=1S/C12H17ClO/c1-8-5-9(12(2,3)4)6-11(13)10(8)7-14/h5-6,14H,7H2,1-4H3. The molecule has 0 bridgehead atoms. The lowest BCUT2D eigenvalue weighted by atomic mass is 9.85. The van der Waals surface area contributed by atoms with Gasteiger partial charge in [-0.1, -0.05) is 38.4 Å². The molecule has 1 aromatic carbocycles. The van der Waals surface area contributed by atoms with Gasteiger partial charge in [0.2, 0.25) is 0 Å². The fourth-order valence-electron chi connectivity index (χ4n) is 1.41. The van der Waals surface area contributed by atoms with E-state index in [0.717, 1.165) is 11.1 Å². The molecule has 0 aromatic heterocycles. The Morgan fingerprint density at radius 1 is 1.29 bits per heavy atom. The summed E-state index contributed by atoms with van der Waals surface area (Å²) < 4.78 is 0. The topological polar surface area (TPSA) is 20.2 Å². The van der Waals surface area contributed by atoms with Crippen molar-refractivity contribution in [1.29, 1.82) is 0 Å². The summed E-state index contributed by atoms with van der Waals surface area (Å²) in [5.41, 5.74) is 3.20. The first-order chi connectivity index (χ1) is 6.36. The summed E-state index contributed by atoms with van der Waals surface area (Å²) in [6, 6.07) is 4.04. The largest absolute Gasteiger partial charge is 0.392 e. The highest BCUT2D eigenvalue weighted by molar-refractivity contribution is 6.31. The number of aliphatic hydroxyl groups is 1. The van der Waals surface area contributed by atoms with Gasteiger partial charge in [0, 0.05) is 5.02 Å². The number of aliphatic hydroxyl groups excluding tert-OH is 1. The summed E-state index contributed by atoms with van der Waals surface area (Å²) in [5, 5.41) is 9.77. The van der Waals surface area contributed by atoms with Crippen molar-refractivity contribution in [2.24, 2.45) is 0 Å². The normalized spacial score (nSPS) is 11.9. The number of benzene rings is 1. The minimum Gasteiger partial charge on any atom is -0.392 e. The van der Waals surface area contributed by atoms with Crippen molar-refractivity contribution >= 4 is 11.6 Å². The molecule has 0 atom stereocenters. The van der Waals surface area contributed by atoms with E-state index in [2.05, 4.69) is 26.8 Å². The highest BCUT2D eigenvalue weighted by atomic mass is 35.5. The molecule has 1 nitrogen and oxygen atoms in total. The fraction of sp³-hybridized carbons (Fsp3) is 0.500. The lowest BCUT2D eigenvalue weighted by Crippen LogP contribution is -2.12. The summed E-state index contributed by atoms with van der Waals surface area (Å²) in [7, 11) is 0. The summed E-state index contributed by atoms with van der Waals surface area (Å²) in [6.45, 7) is 8.44. The zero-order valence-corrected chi connectivity index (χ0v) is 9.94. The molecule has 0 aliphatic rings. The minimum absolute atomic E-state index is 0.00902. The van der Waals surface area contributed by atoms with Gasteiger partial charge in [0.05, 0.1) is 6.61 Å². The van der Waals surface area contributed by atoms with Crippen LogP contribution in [0.2, 0.25) is 5.02 Å². The second kappa shape index (κ2) is 3.92. The molecule has 0 spiro atoms. The van der Waals surface area contributed by atoms with Crippen molar-refractivity contribution in [1.82, 2.24) is 0 Å². The van der Waals surface area contributed by atoms with Gasteiger partial charge >= 0.3 is 0 Å². The molecule has 14 heavy (non-hydrogen) atoms. The van der Waals surface area contributed by atoms with Crippen LogP contribution in [0.4, 0.5) is 0 Å². The van der Waals surface area contributed by atoms with Crippen LogP contribution < -0.4 is 0 Å². The van der Waals surface area contributed by atoms with E-state index < -0.39 is 0 Å². The van der Waals surface area contributed by atoms with E-state index in [0.29, 0.717) is 5.02 Å². The molecular weight excluding hydrogens is 196 g/mol. The number of hydrogen-bond acceptors (Lipinski definition) is 1. The first-order valence-corrected chi connectivity index (χ1v) is 5.14. The van der Waals surface area contributed by atoms with Crippen molar-refractivity contribution in [2.75, 3.05) is 0 Å². The molecule has 1 N–H and O–H groups in total. The van der Waals surface area contributed by atoms with E-state index >= 15 is 0 Å².